The molecule has 21 heavy (non-hydrogen) atoms. The number of ether oxygens (including phenoxy) is 5. The number of hydrogen-bond acceptors (Lipinski definition) is 7. The molecule has 0 heterocycles. The average molecular weight is 328 g/mol. The standard InChI is InChI=1S/C9H13F5O7/c1-2-20-21-9(18-6-13,19-7-14)8(15-3-10,16-4-11)17-5-12/h2H,1,3-7H2. The van der Waals surface area contributed by atoms with E-state index in [0.717, 1.165) is 0 Å². The monoisotopic (exact) mass is 328 g/mol. The van der Waals surface area contributed by atoms with Crippen LogP contribution in [0.25, 0.3) is 0 Å². The largest absolute Gasteiger partial charge is 0.411 e. The topological polar surface area (TPSA) is 64.6 Å². The second-order valence-corrected chi connectivity index (χ2v) is 2.73. The minimum Gasteiger partial charge on any atom is -0.340 e. The Morgan fingerprint density at radius 3 is 1.29 bits per heavy atom. The molecule has 0 saturated heterocycles. The maximum atomic E-state index is 12.5. The maximum absolute atomic E-state index is 12.5. The van der Waals surface area contributed by atoms with Crippen molar-refractivity contribution in [1.82, 2.24) is 0 Å². The third kappa shape index (κ3) is 5.01. The van der Waals surface area contributed by atoms with Gasteiger partial charge in [-0.15, -0.1) is 4.89 Å². The molecule has 0 aliphatic carbocycles. The molecule has 0 rings (SSSR count). The van der Waals surface area contributed by atoms with E-state index < -0.39 is 46.2 Å². The van der Waals surface area contributed by atoms with E-state index in [4.69, 9.17) is 0 Å². The van der Waals surface area contributed by atoms with E-state index in [-0.39, 0.29) is 0 Å². The normalized spacial score (nSPS) is 12.4. The Kier molecular flexibility index (Phi) is 10.1. The summed E-state index contributed by atoms with van der Waals surface area (Å²) < 4.78 is 83.1. The first-order valence-electron chi connectivity index (χ1n) is 5.07. The van der Waals surface area contributed by atoms with E-state index in [1.165, 1.54) is 0 Å². The van der Waals surface area contributed by atoms with Gasteiger partial charge in [-0.3, -0.25) is 23.7 Å². The lowest BCUT2D eigenvalue weighted by molar-refractivity contribution is -0.620. The van der Waals surface area contributed by atoms with Gasteiger partial charge in [0.25, 0.3) is 0 Å². The van der Waals surface area contributed by atoms with E-state index in [1.807, 2.05) is 0 Å². The van der Waals surface area contributed by atoms with Gasteiger partial charge in [0.15, 0.2) is 34.3 Å². The van der Waals surface area contributed by atoms with Crippen molar-refractivity contribution in [3.63, 3.8) is 0 Å². The van der Waals surface area contributed by atoms with Gasteiger partial charge in [-0.05, 0) is 0 Å². The summed E-state index contributed by atoms with van der Waals surface area (Å²) in [6, 6.07) is 0. The Balaban J connectivity index is 5.70. The lowest BCUT2D eigenvalue weighted by Crippen LogP contribution is -2.63. The first-order chi connectivity index (χ1) is 10.1. The fourth-order valence-electron chi connectivity index (χ4n) is 1.16. The highest BCUT2D eigenvalue weighted by atomic mass is 19.2. The molecule has 0 unspecified atom stereocenters. The highest BCUT2D eigenvalue weighted by Gasteiger charge is 2.64. The Bertz CT molecular complexity index is 260. The molecule has 0 fully saturated rings. The van der Waals surface area contributed by atoms with Crippen molar-refractivity contribution >= 4 is 0 Å². The van der Waals surface area contributed by atoms with E-state index in [9.17, 15) is 22.0 Å². The lowest BCUT2D eigenvalue weighted by atomic mass is 10.4. The van der Waals surface area contributed by atoms with Crippen molar-refractivity contribution in [3.05, 3.63) is 12.8 Å². The summed E-state index contributed by atoms with van der Waals surface area (Å²) in [5, 5.41) is 0. The molecule has 0 bridgehead atoms. The Morgan fingerprint density at radius 1 is 0.667 bits per heavy atom. The van der Waals surface area contributed by atoms with Gasteiger partial charge in [-0.25, -0.2) is 22.0 Å². The van der Waals surface area contributed by atoms with E-state index in [1.54, 1.807) is 0 Å². The minimum absolute atomic E-state index is 0.572. The van der Waals surface area contributed by atoms with Gasteiger partial charge in [0.05, 0.1) is 0 Å². The van der Waals surface area contributed by atoms with E-state index in [2.05, 4.69) is 40.0 Å². The van der Waals surface area contributed by atoms with Gasteiger partial charge in [-0.2, -0.15) is 0 Å². The van der Waals surface area contributed by atoms with Crippen molar-refractivity contribution in [2.75, 3.05) is 34.3 Å². The lowest BCUT2D eigenvalue weighted by Gasteiger charge is -2.41. The summed E-state index contributed by atoms with van der Waals surface area (Å²) in [7, 11) is 0. The molecule has 0 aliphatic rings. The fraction of sp³-hybridized carbons (Fsp3) is 0.778. The predicted octanol–water partition coefficient (Wildman–Crippen LogP) is 2.10. The Hall–Kier alpha value is -1.05. The molecule has 0 N–H and O–H groups in total. The summed E-state index contributed by atoms with van der Waals surface area (Å²) in [4.78, 5) is 8.39. The fourth-order valence-corrected chi connectivity index (χ4v) is 1.16. The molecule has 7 nitrogen and oxygen atoms in total. The van der Waals surface area contributed by atoms with Crippen molar-refractivity contribution in [3.8, 4) is 0 Å². The molecule has 0 spiro atoms. The van der Waals surface area contributed by atoms with Crippen LogP contribution in [-0.4, -0.2) is 46.2 Å². The van der Waals surface area contributed by atoms with Crippen molar-refractivity contribution in [1.29, 1.82) is 0 Å². The first kappa shape index (κ1) is 19.9. The summed E-state index contributed by atoms with van der Waals surface area (Å²) in [6.45, 7) is -5.90. The van der Waals surface area contributed by atoms with Crippen LogP contribution in [0, 0.1) is 0 Å². The molecule has 0 aromatic carbocycles. The molecular formula is C9H13F5O7. The van der Waals surface area contributed by atoms with Crippen LogP contribution in [-0.2, 0) is 33.5 Å². The molecule has 0 aromatic heterocycles. The average Bonchev–Trinajstić information content (AvgIpc) is 2.46. The summed E-state index contributed by atoms with van der Waals surface area (Å²) in [5.74, 6) is -6.64. The zero-order valence-electron chi connectivity index (χ0n) is 10.6. The van der Waals surface area contributed by atoms with Gasteiger partial charge in [0.1, 0.15) is 6.26 Å². The van der Waals surface area contributed by atoms with Crippen LogP contribution in [0.3, 0.4) is 0 Å². The van der Waals surface area contributed by atoms with Crippen molar-refractivity contribution in [2.24, 2.45) is 0 Å². The SMILES string of the molecule is C=COOC(OCF)(OCF)C(OCF)(OCF)OCF. The second kappa shape index (κ2) is 10.6. The molecular weight excluding hydrogens is 315 g/mol. The number of rotatable bonds is 14. The summed E-state index contributed by atoms with van der Waals surface area (Å²) in [5.41, 5.74) is 0. The van der Waals surface area contributed by atoms with Gasteiger partial charge in [-0.1, -0.05) is 6.58 Å². The third-order valence-corrected chi connectivity index (χ3v) is 1.82. The van der Waals surface area contributed by atoms with Crippen LogP contribution in [0.15, 0.2) is 12.8 Å². The van der Waals surface area contributed by atoms with E-state index in [0.29, 0.717) is 6.26 Å². The molecule has 126 valence electrons. The zero-order valence-corrected chi connectivity index (χ0v) is 10.6. The quantitative estimate of drug-likeness (QED) is 0.159. The molecule has 0 aromatic rings. The van der Waals surface area contributed by atoms with Crippen molar-refractivity contribution < 1.29 is 55.4 Å². The minimum atomic E-state index is -3.33. The Labute approximate surface area is 116 Å². The molecule has 0 atom stereocenters. The molecule has 12 heteroatoms. The smallest absolute Gasteiger partial charge is 0.340 e. The summed E-state index contributed by atoms with van der Waals surface area (Å²) in [6.07, 6.45) is 0.572. The van der Waals surface area contributed by atoms with E-state index >= 15 is 0 Å². The van der Waals surface area contributed by atoms with Crippen LogP contribution in [0.1, 0.15) is 0 Å². The second-order valence-electron chi connectivity index (χ2n) is 2.73. The van der Waals surface area contributed by atoms with Crippen molar-refractivity contribution in [2.45, 2.75) is 11.9 Å². The van der Waals surface area contributed by atoms with Crippen LogP contribution < -0.4 is 0 Å². The summed E-state index contributed by atoms with van der Waals surface area (Å²) >= 11 is 0. The number of alkyl halides is 5. The van der Waals surface area contributed by atoms with Crippen LogP contribution >= 0.6 is 0 Å². The molecule has 0 amide bonds. The third-order valence-electron chi connectivity index (χ3n) is 1.82. The highest BCUT2D eigenvalue weighted by molar-refractivity contribution is 4.72. The Morgan fingerprint density at radius 2 is 1.00 bits per heavy atom. The first-order valence-corrected chi connectivity index (χ1v) is 5.07. The molecule has 0 radical (unpaired) electrons. The van der Waals surface area contributed by atoms with Gasteiger partial charge >= 0.3 is 11.9 Å². The van der Waals surface area contributed by atoms with Gasteiger partial charge in [0, 0.05) is 0 Å². The molecule has 0 saturated carbocycles. The van der Waals surface area contributed by atoms with Crippen LogP contribution in [0.4, 0.5) is 22.0 Å². The maximum Gasteiger partial charge on any atom is 0.411 e. The zero-order chi connectivity index (χ0) is 16.2. The molecule has 0 aliphatic heterocycles. The number of halogens is 5. The van der Waals surface area contributed by atoms with Gasteiger partial charge in [0.2, 0.25) is 0 Å². The van der Waals surface area contributed by atoms with Crippen LogP contribution in [0.5, 0.6) is 0 Å². The predicted molar refractivity (Wildman–Crippen MR) is 53.1 cm³/mol. The highest BCUT2D eigenvalue weighted by Crippen LogP contribution is 2.36. The van der Waals surface area contributed by atoms with Gasteiger partial charge < -0.3 is 4.89 Å². The van der Waals surface area contributed by atoms with Crippen LogP contribution in [0.2, 0.25) is 0 Å². The number of hydrogen-bond donors (Lipinski definition) is 0.